The van der Waals surface area contributed by atoms with Crippen LogP contribution in [0.25, 0.3) is 10.1 Å². The molecule has 0 saturated heterocycles. The molecule has 0 unspecified atom stereocenters. The summed E-state index contributed by atoms with van der Waals surface area (Å²) in [7, 11) is 0. The minimum atomic E-state index is 0.855. The lowest BCUT2D eigenvalue weighted by molar-refractivity contribution is 1.16. The molecule has 0 amide bonds. The Hall–Kier alpha value is -2.07. The first-order valence-electron chi connectivity index (χ1n) is 6.30. The van der Waals surface area contributed by atoms with Crippen molar-refractivity contribution in [1.29, 1.82) is 0 Å². The van der Waals surface area contributed by atoms with E-state index in [1.807, 2.05) is 18.2 Å². The third-order valence-corrected chi connectivity index (χ3v) is 3.73. The van der Waals surface area contributed by atoms with Gasteiger partial charge in [-0.25, -0.2) is 4.98 Å². The largest absolute Gasteiger partial charge is 0.370 e. The molecule has 3 aromatic rings. The van der Waals surface area contributed by atoms with Gasteiger partial charge in [-0.05, 0) is 54.1 Å². The molecule has 0 bridgehead atoms. The van der Waals surface area contributed by atoms with Gasteiger partial charge in [0.1, 0.15) is 11.6 Å². The van der Waals surface area contributed by atoms with Crippen LogP contribution in [0.1, 0.15) is 6.92 Å². The SMILES string of the molecule is CCNc1cccc(Nc2ccc3sccc3c2)n1. The summed E-state index contributed by atoms with van der Waals surface area (Å²) in [6.07, 6.45) is 0. The first-order valence-corrected chi connectivity index (χ1v) is 7.18. The highest BCUT2D eigenvalue weighted by Crippen LogP contribution is 2.25. The smallest absolute Gasteiger partial charge is 0.132 e. The van der Waals surface area contributed by atoms with E-state index in [-0.39, 0.29) is 0 Å². The van der Waals surface area contributed by atoms with E-state index < -0.39 is 0 Å². The molecule has 96 valence electrons. The first-order chi connectivity index (χ1) is 9.35. The molecule has 0 saturated carbocycles. The topological polar surface area (TPSA) is 37.0 Å². The molecule has 3 rings (SSSR count). The molecule has 0 radical (unpaired) electrons. The summed E-state index contributed by atoms with van der Waals surface area (Å²) in [4.78, 5) is 4.51. The molecular formula is C15H15N3S. The molecular weight excluding hydrogens is 254 g/mol. The maximum absolute atomic E-state index is 4.51. The number of pyridine rings is 1. The van der Waals surface area contributed by atoms with Gasteiger partial charge in [0.2, 0.25) is 0 Å². The van der Waals surface area contributed by atoms with Crippen LogP contribution in [0.4, 0.5) is 17.3 Å². The van der Waals surface area contributed by atoms with Gasteiger partial charge in [-0.1, -0.05) is 6.07 Å². The van der Waals surface area contributed by atoms with Crippen LogP contribution in [0, 0.1) is 0 Å². The molecule has 2 N–H and O–H groups in total. The minimum Gasteiger partial charge on any atom is -0.370 e. The Balaban J connectivity index is 1.85. The van der Waals surface area contributed by atoms with Crippen LogP contribution in [-0.2, 0) is 0 Å². The highest BCUT2D eigenvalue weighted by Gasteiger charge is 2.00. The molecule has 0 aliphatic heterocycles. The van der Waals surface area contributed by atoms with Crippen molar-refractivity contribution in [3.63, 3.8) is 0 Å². The van der Waals surface area contributed by atoms with Gasteiger partial charge in [0.25, 0.3) is 0 Å². The van der Waals surface area contributed by atoms with Crippen molar-refractivity contribution >= 4 is 38.7 Å². The molecule has 0 aliphatic carbocycles. The zero-order valence-electron chi connectivity index (χ0n) is 10.7. The number of nitrogens with one attached hydrogen (secondary N) is 2. The molecule has 0 fully saturated rings. The van der Waals surface area contributed by atoms with E-state index in [4.69, 9.17) is 0 Å². The van der Waals surface area contributed by atoms with Crippen molar-refractivity contribution in [2.24, 2.45) is 0 Å². The average Bonchev–Trinajstić information content (AvgIpc) is 2.87. The van der Waals surface area contributed by atoms with Crippen LogP contribution < -0.4 is 10.6 Å². The quantitative estimate of drug-likeness (QED) is 0.733. The molecule has 19 heavy (non-hydrogen) atoms. The van der Waals surface area contributed by atoms with Crippen LogP contribution in [0.15, 0.2) is 47.8 Å². The fourth-order valence-electron chi connectivity index (χ4n) is 1.98. The third kappa shape index (κ3) is 2.69. The van der Waals surface area contributed by atoms with Gasteiger partial charge >= 0.3 is 0 Å². The van der Waals surface area contributed by atoms with E-state index in [0.29, 0.717) is 0 Å². The Morgan fingerprint density at radius 1 is 1.11 bits per heavy atom. The molecule has 0 spiro atoms. The summed E-state index contributed by atoms with van der Waals surface area (Å²) in [5, 5.41) is 9.92. The molecule has 0 atom stereocenters. The molecule has 3 nitrogen and oxygen atoms in total. The van der Waals surface area contributed by atoms with Gasteiger partial charge in [0, 0.05) is 16.9 Å². The van der Waals surface area contributed by atoms with Crippen molar-refractivity contribution in [3.05, 3.63) is 47.8 Å². The summed E-state index contributed by atoms with van der Waals surface area (Å²) >= 11 is 1.76. The maximum Gasteiger partial charge on any atom is 0.132 e. The second kappa shape index (κ2) is 5.28. The lowest BCUT2D eigenvalue weighted by Crippen LogP contribution is -2.01. The first kappa shape index (κ1) is 12.0. The van der Waals surface area contributed by atoms with Crippen molar-refractivity contribution < 1.29 is 0 Å². The highest BCUT2D eigenvalue weighted by atomic mass is 32.1. The Morgan fingerprint density at radius 2 is 2.00 bits per heavy atom. The third-order valence-electron chi connectivity index (χ3n) is 2.83. The van der Waals surface area contributed by atoms with E-state index in [9.17, 15) is 0 Å². The lowest BCUT2D eigenvalue weighted by atomic mass is 10.2. The number of anilines is 3. The second-order valence-corrected chi connectivity index (χ2v) is 5.18. The molecule has 4 heteroatoms. The van der Waals surface area contributed by atoms with E-state index in [1.165, 1.54) is 10.1 Å². The molecule has 2 aromatic heterocycles. The van der Waals surface area contributed by atoms with Crippen molar-refractivity contribution in [2.75, 3.05) is 17.2 Å². The Morgan fingerprint density at radius 3 is 2.89 bits per heavy atom. The number of benzene rings is 1. The van der Waals surface area contributed by atoms with Gasteiger partial charge in [0.15, 0.2) is 0 Å². The van der Waals surface area contributed by atoms with Crippen molar-refractivity contribution in [2.45, 2.75) is 6.92 Å². The fraction of sp³-hybridized carbons (Fsp3) is 0.133. The lowest BCUT2D eigenvalue weighted by Gasteiger charge is -2.08. The molecule has 1 aromatic carbocycles. The highest BCUT2D eigenvalue weighted by molar-refractivity contribution is 7.17. The minimum absolute atomic E-state index is 0.855. The summed E-state index contributed by atoms with van der Waals surface area (Å²) in [5.41, 5.74) is 1.06. The number of hydrogen-bond donors (Lipinski definition) is 2. The Labute approximate surface area is 116 Å². The van der Waals surface area contributed by atoms with Crippen LogP contribution in [0.2, 0.25) is 0 Å². The van der Waals surface area contributed by atoms with Crippen LogP contribution in [0.3, 0.4) is 0 Å². The number of fused-ring (bicyclic) bond motifs is 1. The predicted octanol–water partition coefficient (Wildman–Crippen LogP) is 4.47. The van der Waals surface area contributed by atoms with E-state index in [0.717, 1.165) is 23.9 Å². The van der Waals surface area contributed by atoms with Crippen LogP contribution >= 0.6 is 11.3 Å². The fourth-order valence-corrected chi connectivity index (χ4v) is 2.75. The van der Waals surface area contributed by atoms with Crippen LogP contribution in [0.5, 0.6) is 0 Å². The van der Waals surface area contributed by atoms with E-state index >= 15 is 0 Å². The zero-order chi connectivity index (χ0) is 13.1. The van der Waals surface area contributed by atoms with E-state index in [2.05, 4.69) is 52.2 Å². The Bertz CT molecular complexity index is 690. The number of thiophene rings is 1. The number of aromatic nitrogens is 1. The summed E-state index contributed by atoms with van der Waals surface area (Å²) in [5.74, 6) is 1.75. The van der Waals surface area contributed by atoms with Gasteiger partial charge < -0.3 is 10.6 Å². The normalized spacial score (nSPS) is 10.6. The van der Waals surface area contributed by atoms with Gasteiger partial charge in [0.05, 0.1) is 0 Å². The number of nitrogens with zero attached hydrogens (tertiary/aromatic N) is 1. The van der Waals surface area contributed by atoms with Crippen LogP contribution in [-0.4, -0.2) is 11.5 Å². The number of hydrogen-bond acceptors (Lipinski definition) is 4. The summed E-state index contributed by atoms with van der Waals surface area (Å²) in [6.45, 7) is 2.93. The summed E-state index contributed by atoms with van der Waals surface area (Å²) < 4.78 is 1.31. The van der Waals surface area contributed by atoms with E-state index in [1.54, 1.807) is 11.3 Å². The number of rotatable bonds is 4. The zero-order valence-corrected chi connectivity index (χ0v) is 11.5. The molecule has 2 heterocycles. The van der Waals surface area contributed by atoms with Crippen molar-refractivity contribution in [3.8, 4) is 0 Å². The summed E-state index contributed by atoms with van der Waals surface area (Å²) in [6, 6.07) is 14.4. The predicted molar refractivity (Wildman–Crippen MR) is 83.5 cm³/mol. The van der Waals surface area contributed by atoms with Gasteiger partial charge in [-0.3, -0.25) is 0 Å². The standard InChI is InChI=1S/C15H15N3S/c1-2-16-14-4-3-5-15(18-14)17-12-6-7-13-11(10-12)8-9-19-13/h3-10H,2H2,1H3,(H2,16,17,18). The second-order valence-electron chi connectivity index (χ2n) is 4.24. The molecule has 0 aliphatic rings. The van der Waals surface area contributed by atoms with Gasteiger partial charge in [-0.15, -0.1) is 11.3 Å². The maximum atomic E-state index is 4.51. The average molecular weight is 269 g/mol. The Kier molecular flexibility index (Phi) is 3.33. The van der Waals surface area contributed by atoms with Crippen molar-refractivity contribution in [1.82, 2.24) is 4.98 Å². The van der Waals surface area contributed by atoms with Gasteiger partial charge in [-0.2, -0.15) is 0 Å². The monoisotopic (exact) mass is 269 g/mol.